The zero-order chi connectivity index (χ0) is 21.4. The van der Waals surface area contributed by atoms with E-state index in [1.54, 1.807) is 0 Å². The zero-order valence-electron chi connectivity index (χ0n) is 19.5. The summed E-state index contributed by atoms with van der Waals surface area (Å²) in [5.74, 6) is 2.22. The molecule has 0 saturated heterocycles. The van der Waals surface area contributed by atoms with Gasteiger partial charge in [-0.1, -0.05) is 32.0 Å². The van der Waals surface area contributed by atoms with Crippen molar-refractivity contribution in [2.75, 3.05) is 13.2 Å². The highest BCUT2D eigenvalue weighted by molar-refractivity contribution is 14.0. The van der Waals surface area contributed by atoms with Crippen molar-refractivity contribution in [2.45, 2.75) is 60.5 Å². The van der Waals surface area contributed by atoms with Crippen LogP contribution in [0.2, 0.25) is 0 Å². The molecular formula is C23H38IN5O. The third kappa shape index (κ3) is 7.81. The Morgan fingerprint density at radius 1 is 1.20 bits per heavy atom. The summed E-state index contributed by atoms with van der Waals surface area (Å²) in [6.45, 7) is 14.9. The molecule has 0 saturated carbocycles. The zero-order valence-corrected chi connectivity index (χ0v) is 21.8. The van der Waals surface area contributed by atoms with Gasteiger partial charge in [0.1, 0.15) is 5.75 Å². The Morgan fingerprint density at radius 2 is 1.90 bits per heavy atom. The predicted octanol–water partition coefficient (Wildman–Crippen LogP) is 4.38. The summed E-state index contributed by atoms with van der Waals surface area (Å²) in [4.78, 5) is 4.80. The van der Waals surface area contributed by atoms with Gasteiger partial charge in [0.2, 0.25) is 0 Å². The van der Waals surface area contributed by atoms with Crippen LogP contribution in [0.3, 0.4) is 0 Å². The Labute approximate surface area is 198 Å². The Morgan fingerprint density at radius 3 is 2.50 bits per heavy atom. The van der Waals surface area contributed by atoms with Gasteiger partial charge in [0.05, 0.1) is 18.8 Å². The number of hydrogen-bond donors (Lipinski definition) is 2. The van der Waals surface area contributed by atoms with Crippen LogP contribution in [-0.2, 0) is 20.0 Å². The maximum absolute atomic E-state index is 5.96. The van der Waals surface area contributed by atoms with Crippen LogP contribution in [0.25, 0.3) is 0 Å². The molecule has 1 heterocycles. The molecule has 2 N–H and O–H groups in total. The lowest BCUT2D eigenvalue weighted by Gasteiger charge is -2.18. The van der Waals surface area contributed by atoms with Gasteiger partial charge in [0.15, 0.2) is 5.96 Å². The average molecular weight is 527 g/mol. The van der Waals surface area contributed by atoms with E-state index in [0.29, 0.717) is 19.1 Å². The maximum atomic E-state index is 5.96. The number of para-hydroxylation sites is 1. The summed E-state index contributed by atoms with van der Waals surface area (Å²) in [7, 11) is 1.99. The van der Waals surface area contributed by atoms with Crippen molar-refractivity contribution in [3.05, 3.63) is 46.8 Å². The first-order chi connectivity index (χ1) is 13.8. The van der Waals surface area contributed by atoms with Gasteiger partial charge in [-0.2, -0.15) is 5.10 Å². The van der Waals surface area contributed by atoms with E-state index in [1.807, 2.05) is 29.9 Å². The van der Waals surface area contributed by atoms with Crippen LogP contribution >= 0.6 is 24.0 Å². The quantitative estimate of drug-likeness (QED) is 0.289. The molecule has 2 rings (SSSR count). The first-order valence-corrected chi connectivity index (χ1v) is 10.6. The average Bonchev–Trinajstić information content (AvgIpc) is 2.91. The molecule has 2 aromatic rings. The van der Waals surface area contributed by atoms with Crippen molar-refractivity contribution in [1.82, 2.24) is 20.4 Å². The lowest BCUT2D eigenvalue weighted by Crippen LogP contribution is -2.43. The minimum Gasteiger partial charge on any atom is -0.493 e. The summed E-state index contributed by atoms with van der Waals surface area (Å²) >= 11 is 0. The second-order valence-corrected chi connectivity index (χ2v) is 8.03. The SMILES string of the molecule is CCNC(=NCc1ccccc1OCC(C)C)NC(C)Cc1c(C)nn(C)c1C.I. The van der Waals surface area contributed by atoms with Crippen LogP contribution < -0.4 is 15.4 Å². The Bertz CT molecular complexity index is 816. The molecule has 0 aliphatic rings. The predicted molar refractivity (Wildman–Crippen MR) is 136 cm³/mol. The molecule has 0 spiro atoms. The van der Waals surface area contributed by atoms with Gasteiger partial charge >= 0.3 is 0 Å². The molecule has 0 amide bonds. The van der Waals surface area contributed by atoms with Gasteiger partial charge in [-0.3, -0.25) is 4.68 Å². The number of rotatable bonds is 9. The van der Waals surface area contributed by atoms with Crippen LogP contribution in [0.1, 0.15) is 50.2 Å². The summed E-state index contributed by atoms with van der Waals surface area (Å²) in [6, 6.07) is 8.37. The molecule has 0 fully saturated rings. The molecule has 1 aromatic heterocycles. The molecule has 1 aromatic carbocycles. The minimum absolute atomic E-state index is 0. The molecule has 168 valence electrons. The number of halogens is 1. The topological polar surface area (TPSA) is 63.5 Å². The monoisotopic (exact) mass is 527 g/mol. The van der Waals surface area contributed by atoms with Crippen molar-refractivity contribution in [2.24, 2.45) is 18.0 Å². The fourth-order valence-electron chi connectivity index (χ4n) is 3.22. The summed E-state index contributed by atoms with van der Waals surface area (Å²) in [5.41, 5.74) is 4.71. The van der Waals surface area contributed by atoms with Gasteiger partial charge in [0, 0.05) is 30.9 Å². The first kappa shape index (κ1) is 26.3. The lowest BCUT2D eigenvalue weighted by molar-refractivity contribution is 0.268. The third-order valence-corrected chi connectivity index (χ3v) is 4.85. The highest BCUT2D eigenvalue weighted by Crippen LogP contribution is 2.20. The van der Waals surface area contributed by atoms with E-state index in [0.717, 1.165) is 35.9 Å². The van der Waals surface area contributed by atoms with E-state index in [4.69, 9.17) is 9.73 Å². The number of nitrogens with one attached hydrogen (secondary N) is 2. The molecule has 0 aliphatic heterocycles. The number of guanidine groups is 1. The van der Waals surface area contributed by atoms with E-state index in [1.165, 1.54) is 11.3 Å². The highest BCUT2D eigenvalue weighted by atomic mass is 127. The number of ether oxygens (including phenoxy) is 1. The van der Waals surface area contributed by atoms with E-state index in [2.05, 4.69) is 63.3 Å². The smallest absolute Gasteiger partial charge is 0.191 e. The Hall–Kier alpha value is -1.77. The normalized spacial score (nSPS) is 12.5. The number of aryl methyl sites for hydroxylation is 2. The Kier molecular flexibility index (Phi) is 11.2. The highest BCUT2D eigenvalue weighted by Gasteiger charge is 2.14. The third-order valence-electron chi connectivity index (χ3n) is 4.85. The van der Waals surface area contributed by atoms with Crippen molar-refractivity contribution in [3.8, 4) is 5.75 Å². The molecule has 0 bridgehead atoms. The summed E-state index contributed by atoms with van der Waals surface area (Å²) < 4.78 is 7.91. The van der Waals surface area contributed by atoms with Gasteiger partial charge in [-0.15, -0.1) is 24.0 Å². The largest absolute Gasteiger partial charge is 0.493 e. The van der Waals surface area contributed by atoms with E-state index in [9.17, 15) is 0 Å². The van der Waals surface area contributed by atoms with Crippen LogP contribution in [0, 0.1) is 19.8 Å². The van der Waals surface area contributed by atoms with Crippen LogP contribution in [0.4, 0.5) is 0 Å². The molecule has 0 aliphatic carbocycles. The van der Waals surface area contributed by atoms with Crippen LogP contribution in [0.5, 0.6) is 5.75 Å². The maximum Gasteiger partial charge on any atom is 0.191 e. The van der Waals surface area contributed by atoms with Gasteiger partial charge in [-0.05, 0) is 51.7 Å². The number of aromatic nitrogens is 2. The van der Waals surface area contributed by atoms with Crippen molar-refractivity contribution >= 4 is 29.9 Å². The summed E-state index contributed by atoms with van der Waals surface area (Å²) in [6.07, 6.45) is 0.907. The standard InChI is InChI=1S/C23H37N5O.HI/c1-8-24-23(26-17(4)13-21-18(5)27-28(7)19(21)6)25-14-20-11-9-10-12-22(20)29-15-16(2)3;/h9-12,16-17H,8,13-15H2,1-7H3,(H2,24,25,26);1H. The summed E-state index contributed by atoms with van der Waals surface area (Å²) in [5, 5.41) is 11.4. The second-order valence-electron chi connectivity index (χ2n) is 8.03. The van der Waals surface area contributed by atoms with Crippen molar-refractivity contribution in [1.29, 1.82) is 0 Å². The van der Waals surface area contributed by atoms with E-state index >= 15 is 0 Å². The Balaban J connectivity index is 0.00000450. The molecule has 1 atom stereocenters. The number of benzene rings is 1. The molecule has 1 unspecified atom stereocenters. The van der Waals surface area contributed by atoms with Gasteiger partial charge in [0.25, 0.3) is 0 Å². The molecule has 0 radical (unpaired) electrons. The van der Waals surface area contributed by atoms with Gasteiger partial charge < -0.3 is 15.4 Å². The number of nitrogens with zero attached hydrogens (tertiary/aromatic N) is 3. The molecule has 30 heavy (non-hydrogen) atoms. The van der Waals surface area contributed by atoms with Gasteiger partial charge in [-0.25, -0.2) is 4.99 Å². The fourth-order valence-corrected chi connectivity index (χ4v) is 3.22. The van der Waals surface area contributed by atoms with E-state index < -0.39 is 0 Å². The molecule has 7 heteroatoms. The van der Waals surface area contributed by atoms with E-state index in [-0.39, 0.29) is 30.0 Å². The molecular weight excluding hydrogens is 489 g/mol. The minimum atomic E-state index is 0. The number of hydrogen-bond acceptors (Lipinski definition) is 3. The lowest BCUT2D eigenvalue weighted by atomic mass is 10.1. The van der Waals surface area contributed by atoms with Crippen LogP contribution in [-0.4, -0.2) is 34.9 Å². The van der Waals surface area contributed by atoms with Crippen molar-refractivity contribution < 1.29 is 4.74 Å². The number of aliphatic imine (C=N–C) groups is 1. The fraction of sp³-hybridized carbons (Fsp3) is 0.565. The molecule has 6 nitrogen and oxygen atoms in total. The van der Waals surface area contributed by atoms with Crippen molar-refractivity contribution in [3.63, 3.8) is 0 Å². The van der Waals surface area contributed by atoms with Crippen LogP contribution in [0.15, 0.2) is 29.3 Å². The first-order valence-electron chi connectivity index (χ1n) is 10.6. The second kappa shape index (κ2) is 12.8.